The number of nitrogens with one attached hydrogen (secondary N) is 1. The minimum atomic E-state index is 0.0344. The Bertz CT molecular complexity index is 1060. The summed E-state index contributed by atoms with van der Waals surface area (Å²) in [6, 6.07) is 10.2. The van der Waals surface area contributed by atoms with Crippen molar-refractivity contribution in [1.29, 1.82) is 0 Å². The maximum Gasteiger partial charge on any atom is 0.317 e. The number of aromatic nitrogens is 4. The molecule has 162 valence electrons. The summed E-state index contributed by atoms with van der Waals surface area (Å²) < 4.78 is 1.91. The Morgan fingerprint density at radius 1 is 1.10 bits per heavy atom. The van der Waals surface area contributed by atoms with Crippen LogP contribution >= 0.6 is 0 Å². The third kappa shape index (κ3) is 4.06. The lowest BCUT2D eigenvalue weighted by Gasteiger charge is -2.24. The van der Waals surface area contributed by atoms with E-state index in [2.05, 4.69) is 22.2 Å². The van der Waals surface area contributed by atoms with Gasteiger partial charge >= 0.3 is 6.03 Å². The van der Waals surface area contributed by atoms with Crippen molar-refractivity contribution in [3.05, 3.63) is 42.4 Å². The molecule has 0 radical (unpaired) electrons. The van der Waals surface area contributed by atoms with E-state index in [0.717, 1.165) is 80.2 Å². The molecule has 3 heterocycles. The summed E-state index contributed by atoms with van der Waals surface area (Å²) in [7, 11) is 0. The Morgan fingerprint density at radius 3 is 2.71 bits per heavy atom. The first-order chi connectivity index (χ1) is 15.2. The number of para-hydroxylation sites is 1. The fourth-order valence-electron chi connectivity index (χ4n) is 4.11. The summed E-state index contributed by atoms with van der Waals surface area (Å²) in [6.07, 6.45) is 6.03. The van der Waals surface area contributed by atoms with Gasteiger partial charge in [-0.2, -0.15) is 5.10 Å². The number of hydrogen-bond acceptors (Lipinski definition) is 5. The van der Waals surface area contributed by atoms with Crippen LogP contribution in [0.1, 0.15) is 44.3 Å². The van der Waals surface area contributed by atoms with Crippen LogP contribution in [-0.4, -0.2) is 63.4 Å². The standard InChI is InChI=1S/C23H29N7O/c1-2-11-24-23(31)29-13-6-12-28(14-15-29)21-19-16-25-30(18-7-4-3-5-8-18)22(19)27-20(26-21)17-9-10-17/h3-5,7-8,16-17H,2,6,9-15H2,1H3,(H,24,31). The Kier molecular flexibility index (Phi) is 5.44. The number of nitrogens with zero attached hydrogens (tertiary/aromatic N) is 6. The van der Waals surface area contributed by atoms with Gasteiger partial charge in [-0.3, -0.25) is 0 Å². The minimum Gasteiger partial charge on any atom is -0.354 e. The van der Waals surface area contributed by atoms with E-state index in [1.807, 2.05) is 46.1 Å². The van der Waals surface area contributed by atoms with Crippen LogP contribution in [0.15, 0.2) is 36.5 Å². The average Bonchev–Trinajstić information content (AvgIpc) is 3.60. The number of urea groups is 1. The van der Waals surface area contributed by atoms with E-state index in [0.29, 0.717) is 12.5 Å². The molecule has 0 atom stereocenters. The fourth-order valence-corrected chi connectivity index (χ4v) is 4.11. The molecule has 1 N–H and O–H groups in total. The lowest BCUT2D eigenvalue weighted by molar-refractivity contribution is 0.201. The number of rotatable bonds is 5. The van der Waals surface area contributed by atoms with Crippen LogP contribution in [0.3, 0.4) is 0 Å². The van der Waals surface area contributed by atoms with Crippen molar-refractivity contribution in [3.63, 3.8) is 0 Å². The highest BCUT2D eigenvalue weighted by molar-refractivity contribution is 5.88. The quantitative estimate of drug-likeness (QED) is 0.686. The van der Waals surface area contributed by atoms with Gasteiger partial charge in [-0.15, -0.1) is 0 Å². The Morgan fingerprint density at radius 2 is 1.94 bits per heavy atom. The van der Waals surface area contributed by atoms with E-state index in [1.165, 1.54) is 0 Å². The van der Waals surface area contributed by atoms with Crippen LogP contribution < -0.4 is 10.2 Å². The molecule has 1 saturated carbocycles. The van der Waals surface area contributed by atoms with Crippen LogP contribution in [-0.2, 0) is 0 Å². The van der Waals surface area contributed by atoms with Gasteiger partial charge < -0.3 is 15.1 Å². The van der Waals surface area contributed by atoms with E-state index in [9.17, 15) is 4.79 Å². The van der Waals surface area contributed by atoms with Crippen molar-refractivity contribution >= 4 is 22.9 Å². The van der Waals surface area contributed by atoms with E-state index in [1.54, 1.807) is 0 Å². The van der Waals surface area contributed by atoms with Crippen molar-refractivity contribution in [2.75, 3.05) is 37.6 Å². The third-order valence-electron chi connectivity index (χ3n) is 5.98. The van der Waals surface area contributed by atoms with Crippen molar-refractivity contribution in [2.45, 2.75) is 38.5 Å². The highest BCUT2D eigenvalue weighted by Crippen LogP contribution is 2.40. The number of benzene rings is 1. The monoisotopic (exact) mass is 419 g/mol. The van der Waals surface area contributed by atoms with E-state index >= 15 is 0 Å². The Hall–Kier alpha value is -3.16. The van der Waals surface area contributed by atoms with Crippen molar-refractivity contribution < 1.29 is 4.79 Å². The van der Waals surface area contributed by atoms with Crippen molar-refractivity contribution in [2.24, 2.45) is 0 Å². The zero-order valence-corrected chi connectivity index (χ0v) is 18.0. The van der Waals surface area contributed by atoms with Gasteiger partial charge in [0.2, 0.25) is 0 Å². The van der Waals surface area contributed by atoms with Crippen LogP contribution in [0.2, 0.25) is 0 Å². The second-order valence-corrected chi connectivity index (χ2v) is 8.37. The first kappa shape index (κ1) is 19.8. The van der Waals surface area contributed by atoms with Crippen LogP contribution in [0.25, 0.3) is 16.7 Å². The topological polar surface area (TPSA) is 79.2 Å². The molecule has 3 aromatic rings. The molecule has 8 heteroatoms. The molecule has 2 aromatic heterocycles. The Balaban J connectivity index is 1.47. The lowest BCUT2D eigenvalue weighted by atomic mass is 10.3. The maximum atomic E-state index is 12.4. The highest BCUT2D eigenvalue weighted by atomic mass is 16.2. The van der Waals surface area contributed by atoms with Gasteiger partial charge in [-0.25, -0.2) is 19.4 Å². The third-order valence-corrected chi connectivity index (χ3v) is 5.98. The first-order valence-electron chi connectivity index (χ1n) is 11.3. The normalized spacial score (nSPS) is 17.1. The van der Waals surface area contributed by atoms with Gasteiger partial charge in [0, 0.05) is 38.6 Å². The largest absolute Gasteiger partial charge is 0.354 e. The molecule has 1 aliphatic carbocycles. The van der Waals surface area contributed by atoms with Crippen molar-refractivity contribution in [3.8, 4) is 5.69 Å². The SMILES string of the molecule is CCCNC(=O)N1CCCN(c2nc(C3CC3)nc3c2cnn3-c2ccccc2)CC1. The van der Waals surface area contributed by atoms with Gasteiger partial charge in [-0.1, -0.05) is 25.1 Å². The van der Waals surface area contributed by atoms with Crippen LogP contribution in [0.5, 0.6) is 0 Å². The molecule has 1 saturated heterocycles. The molecule has 0 bridgehead atoms. The summed E-state index contributed by atoms with van der Waals surface area (Å²) >= 11 is 0. The van der Waals surface area contributed by atoms with Gasteiger partial charge in [0.25, 0.3) is 0 Å². The van der Waals surface area contributed by atoms with Crippen LogP contribution in [0, 0.1) is 0 Å². The number of carbonyl (C=O) groups excluding carboxylic acids is 1. The molecule has 31 heavy (non-hydrogen) atoms. The summed E-state index contributed by atoms with van der Waals surface area (Å²) in [5.41, 5.74) is 1.86. The molecule has 1 aromatic carbocycles. The number of hydrogen-bond donors (Lipinski definition) is 1. The summed E-state index contributed by atoms with van der Waals surface area (Å²) in [4.78, 5) is 26.6. The summed E-state index contributed by atoms with van der Waals surface area (Å²) in [6.45, 7) is 5.86. The van der Waals surface area contributed by atoms with Crippen molar-refractivity contribution in [1.82, 2.24) is 30.0 Å². The lowest BCUT2D eigenvalue weighted by Crippen LogP contribution is -2.42. The molecular formula is C23H29N7O. The van der Waals surface area contributed by atoms with E-state index in [4.69, 9.17) is 9.97 Å². The molecule has 0 spiro atoms. The van der Waals surface area contributed by atoms with Gasteiger partial charge in [0.05, 0.1) is 17.3 Å². The zero-order chi connectivity index (χ0) is 21.2. The number of amides is 2. The average molecular weight is 420 g/mol. The zero-order valence-electron chi connectivity index (χ0n) is 18.0. The Labute approximate surface area is 182 Å². The second kappa shape index (κ2) is 8.53. The molecule has 8 nitrogen and oxygen atoms in total. The molecule has 5 rings (SSSR count). The predicted octanol–water partition coefficient (Wildman–Crippen LogP) is 3.32. The highest BCUT2D eigenvalue weighted by Gasteiger charge is 2.30. The first-order valence-corrected chi connectivity index (χ1v) is 11.3. The van der Waals surface area contributed by atoms with E-state index in [-0.39, 0.29) is 6.03 Å². The molecule has 2 amide bonds. The molecule has 2 fully saturated rings. The molecule has 1 aliphatic heterocycles. The van der Waals surface area contributed by atoms with Crippen LogP contribution in [0.4, 0.5) is 10.6 Å². The van der Waals surface area contributed by atoms with E-state index < -0.39 is 0 Å². The molecule has 0 unspecified atom stereocenters. The predicted molar refractivity (Wildman–Crippen MR) is 121 cm³/mol. The number of anilines is 1. The number of fused-ring (bicyclic) bond motifs is 1. The van der Waals surface area contributed by atoms with Gasteiger partial charge in [-0.05, 0) is 37.8 Å². The molecule has 2 aliphatic rings. The molecular weight excluding hydrogens is 390 g/mol. The number of carbonyl (C=O) groups is 1. The van der Waals surface area contributed by atoms with Gasteiger partial charge in [0.15, 0.2) is 5.65 Å². The minimum absolute atomic E-state index is 0.0344. The van der Waals surface area contributed by atoms with Gasteiger partial charge in [0.1, 0.15) is 11.6 Å². The second-order valence-electron chi connectivity index (χ2n) is 8.37. The fraction of sp³-hybridized carbons (Fsp3) is 0.478. The summed E-state index contributed by atoms with van der Waals surface area (Å²) in [5, 5.41) is 8.62. The smallest absolute Gasteiger partial charge is 0.317 e. The maximum absolute atomic E-state index is 12.4. The summed E-state index contributed by atoms with van der Waals surface area (Å²) in [5.74, 6) is 2.32.